The number of hydrogen-bond donors (Lipinski definition) is 24. The van der Waals surface area contributed by atoms with Crippen molar-refractivity contribution in [1.82, 2.24) is 42.5 Å². The molecule has 0 radical (unpaired) electrons. The van der Waals surface area contributed by atoms with Crippen molar-refractivity contribution in [3.8, 4) is 0 Å². The zero-order valence-corrected chi connectivity index (χ0v) is 51.3. The van der Waals surface area contributed by atoms with Crippen molar-refractivity contribution < 1.29 is 63.0 Å². The molecule has 38 N–H and O–H groups in total. The number of unbranched alkanes of at least 4 members (excludes halogenated alkanes) is 2. The number of nitrogens with two attached hydrogens (primary N) is 14. The van der Waals surface area contributed by atoms with Crippen LogP contribution in [0.3, 0.4) is 0 Å². The molecule has 40 nitrogen and oxygen atoms in total. The molecule has 0 aromatic heterocycles. The summed E-state index contributed by atoms with van der Waals surface area (Å²) >= 11 is 0. The maximum atomic E-state index is 14.4. The third kappa shape index (κ3) is 39.1. The van der Waals surface area contributed by atoms with Gasteiger partial charge in [0.2, 0.25) is 53.2 Å². The number of rotatable bonds is 50. The van der Waals surface area contributed by atoms with Gasteiger partial charge in [-0.05, 0) is 122 Å². The number of carbonyl (C=O) groups excluding carboxylic acids is 9. The van der Waals surface area contributed by atoms with Crippen LogP contribution >= 0.6 is 0 Å². The second kappa shape index (κ2) is 46.5. The highest BCUT2D eigenvalue weighted by molar-refractivity contribution is 5.99. The van der Waals surface area contributed by atoms with Crippen molar-refractivity contribution in [3.63, 3.8) is 0 Å². The average Bonchev–Trinajstić information content (AvgIpc) is 1.63. The monoisotopic (exact) mass is 1300 g/mol. The molecule has 0 aliphatic heterocycles. The highest BCUT2D eigenvalue weighted by Gasteiger charge is 2.36. The number of carboxylic acid groups (broad SMARTS) is 2. The number of aliphatic carboxylic acids is 2. The van der Waals surface area contributed by atoms with E-state index < -0.39 is 139 Å². The van der Waals surface area contributed by atoms with E-state index in [-0.39, 0.29) is 153 Å². The summed E-state index contributed by atoms with van der Waals surface area (Å²) in [5.74, 6) is -13.4. The maximum absolute atomic E-state index is 14.4. The summed E-state index contributed by atoms with van der Waals surface area (Å²) in [5.41, 5.74) is 77.4. The number of aliphatic imine (C=N–C) groups is 5. The molecule has 0 rings (SSSR count). The number of carboxylic acids is 2. The van der Waals surface area contributed by atoms with Gasteiger partial charge in [-0.15, -0.1) is 0 Å². The number of nitrogens with zero attached hydrogens (tertiary/aromatic N) is 5. The van der Waals surface area contributed by atoms with E-state index in [4.69, 9.17) is 80.3 Å². The van der Waals surface area contributed by atoms with Gasteiger partial charge in [-0.3, -0.25) is 72.9 Å². The van der Waals surface area contributed by atoms with E-state index in [2.05, 4.69) is 67.5 Å². The molecule has 0 bridgehead atoms. The summed E-state index contributed by atoms with van der Waals surface area (Å²) in [4.78, 5) is 169. The minimum absolute atomic E-state index is 0.000845. The van der Waals surface area contributed by atoms with E-state index in [1.807, 2.05) is 0 Å². The molecule has 9 amide bonds. The van der Waals surface area contributed by atoms with Crippen LogP contribution in [0.2, 0.25) is 0 Å². The highest BCUT2D eigenvalue weighted by atomic mass is 16.4. The molecule has 0 aliphatic rings. The number of amides is 9. The Morgan fingerprint density at radius 2 is 0.549 bits per heavy atom. The zero-order chi connectivity index (χ0) is 69.0. The quantitative estimate of drug-likeness (QED) is 0.0153. The molecular weight excluding hydrogens is 1200 g/mol. The lowest BCUT2D eigenvalue weighted by atomic mass is 10.0. The molecular formula is C51H99N27O13. The van der Waals surface area contributed by atoms with Gasteiger partial charge in [0.05, 0.1) is 12.5 Å². The van der Waals surface area contributed by atoms with Crippen LogP contribution in [0.4, 0.5) is 0 Å². The minimum atomic E-state index is -1.96. The largest absolute Gasteiger partial charge is 0.481 e. The van der Waals surface area contributed by atoms with Gasteiger partial charge in [-0.2, -0.15) is 0 Å². The molecule has 516 valence electrons. The number of hydrogen-bond acceptors (Lipinski definition) is 19. The van der Waals surface area contributed by atoms with Crippen LogP contribution in [0.15, 0.2) is 25.0 Å². The van der Waals surface area contributed by atoms with E-state index >= 15 is 0 Å². The smallest absolute Gasteiger partial charge is 0.326 e. The Hall–Kier alpha value is -9.60. The first-order valence-corrected chi connectivity index (χ1v) is 29.5. The van der Waals surface area contributed by atoms with E-state index in [1.54, 1.807) is 0 Å². The van der Waals surface area contributed by atoms with Crippen LogP contribution in [0, 0.1) is 0 Å². The first-order valence-electron chi connectivity index (χ1n) is 29.5. The Labute approximate surface area is 526 Å². The van der Waals surface area contributed by atoms with E-state index in [1.165, 1.54) is 0 Å². The van der Waals surface area contributed by atoms with Gasteiger partial charge in [0.25, 0.3) is 0 Å². The van der Waals surface area contributed by atoms with Crippen molar-refractivity contribution in [2.24, 2.45) is 105 Å². The topological polar surface area (TPSA) is 751 Å². The molecule has 0 heterocycles. The summed E-state index contributed by atoms with van der Waals surface area (Å²) in [5, 5.41) is 39.7. The van der Waals surface area contributed by atoms with Gasteiger partial charge >= 0.3 is 11.9 Å². The lowest BCUT2D eigenvalue weighted by Gasteiger charge is -2.28. The van der Waals surface area contributed by atoms with Gasteiger partial charge < -0.3 is 133 Å². The summed E-state index contributed by atoms with van der Waals surface area (Å²) in [6, 6.07) is -13.8. The second-order valence-electron chi connectivity index (χ2n) is 20.8. The highest BCUT2D eigenvalue weighted by Crippen LogP contribution is 2.12. The third-order valence-corrected chi connectivity index (χ3v) is 13.1. The number of primary amides is 1. The van der Waals surface area contributed by atoms with Crippen LogP contribution < -0.4 is 123 Å². The first kappa shape index (κ1) is 81.4. The fourth-order valence-corrected chi connectivity index (χ4v) is 8.38. The summed E-state index contributed by atoms with van der Waals surface area (Å²) < 4.78 is 0. The van der Waals surface area contributed by atoms with Gasteiger partial charge in [0.1, 0.15) is 48.3 Å². The molecule has 40 heteroatoms. The van der Waals surface area contributed by atoms with Crippen molar-refractivity contribution in [3.05, 3.63) is 0 Å². The zero-order valence-electron chi connectivity index (χ0n) is 51.3. The van der Waals surface area contributed by atoms with E-state index in [9.17, 15) is 63.0 Å². The van der Waals surface area contributed by atoms with Gasteiger partial charge in [0.15, 0.2) is 29.8 Å². The van der Waals surface area contributed by atoms with Crippen molar-refractivity contribution in [2.45, 2.75) is 176 Å². The molecule has 0 saturated carbocycles. The fourth-order valence-electron chi connectivity index (χ4n) is 8.38. The molecule has 0 saturated heterocycles. The van der Waals surface area contributed by atoms with Crippen molar-refractivity contribution in [2.75, 3.05) is 45.8 Å². The number of nitrogens with one attached hydrogen (secondary N) is 8. The van der Waals surface area contributed by atoms with E-state index in [0.717, 1.165) is 0 Å². The lowest BCUT2D eigenvalue weighted by molar-refractivity contribution is -0.142. The summed E-state index contributed by atoms with van der Waals surface area (Å²) in [6.45, 7) is 0.375. The Balaban J connectivity index is 7.28. The Morgan fingerprint density at radius 1 is 0.308 bits per heavy atom. The molecule has 0 fully saturated rings. The molecule has 0 aromatic carbocycles. The Morgan fingerprint density at radius 3 is 0.824 bits per heavy atom. The molecule has 0 spiro atoms. The SMILES string of the molecule is NCCCC[C@H](NC(=O)[C@H](N)CCCN=C(N)N)C(=O)N[C@@H](CCCCN)C(=O)N[C@@H](CC(=O)O)C(=O)N[C@H](CCCN=C(N)N)C(=O)N[C@@H](CCC(N)=O)C(=O)N[C@@H](CCCN=C(N)N)C(=O)N[C@@H](CCCN=C(N)N)C(=O)N[C@H](CCCN=C(N)N)C(=O)O. The van der Waals surface area contributed by atoms with Crippen LogP contribution in [-0.4, -0.2) is 205 Å². The minimum Gasteiger partial charge on any atom is -0.481 e. The average molecular weight is 1300 g/mol. The third-order valence-electron chi connectivity index (χ3n) is 13.1. The van der Waals surface area contributed by atoms with E-state index in [0.29, 0.717) is 25.7 Å². The predicted molar refractivity (Wildman–Crippen MR) is 337 cm³/mol. The van der Waals surface area contributed by atoms with Crippen molar-refractivity contribution >= 4 is 94.9 Å². The fraction of sp³-hybridized carbons (Fsp3) is 0.686. The van der Waals surface area contributed by atoms with Gasteiger partial charge in [-0.1, -0.05) is 0 Å². The molecule has 91 heavy (non-hydrogen) atoms. The van der Waals surface area contributed by atoms with Crippen LogP contribution in [0.1, 0.15) is 122 Å². The van der Waals surface area contributed by atoms with Gasteiger partial charge in [-0.25, -0.2) is 4.79 Å². The first-order chi connectivity index (χ1) is 42.9. The van der Waals surface area contributed by atoms with Crippen molar-refractivity contribution in [1.29, 1.82) is 0 Å². The second-order valence-corrected chi connectivity index (χ2v) is 20.8. The van der Waals surface area contributed by atoms with Crippen LogP contribution in [0.25, 0.3) is 0 Å². The standard InChI is InChI=1S/C51H99N27O13/c52-19-3-1-11-28(71-38(82)27(54)10-5-21-66-47(56)57)39(83)72-29(12-2-4-20-53)43(87)78-35(26-37(80)81)45(89)75-31(14-7-23-68-49(60)61)41(85)76-33(17-18-36(55)79)44(88)74-30(13-6-22-67-48(58)59)40(84)73-32(15-8-24-69-50(62)63)42(86)77-34(46(90)91)16-9-25-70-51(64)65/h27-35H,1-26,52-54H2,(H2,55,79)(H,71,82)(H,72,83)(H,73,84)(H,74,88)(H,75,89)(H,76,85)(H,77,86)(H,78,87)(H,80,81)(H,90,91)(H4,56,57,66)(H4,58,59,67)(H4,60,61,68)(H4,62,63,69)(H4,64,65,70)/t27-,28+,29+,30+,31-,32+,33+,34-,35+/m1/s1. The molecule has 0 aromatic rings. The Bertz CT molecular complexity index is 2500. The normalized spacial score (nSPS) is 13.7. The van der Waals surface area contributed by atoms with Crippen LogP contribution in [0.5, 0.6) is 0 Å². The Kier molecular flexibility index (Phi) is 41.6. The van der Waals surface area contributed by atoms with Gasteiger partial charge in [0, 0.05) is 39.1 Å². The lowest BCUT2D eigenvalue weighted by Crippen LogP contribution is -2.60. The maximum Gasteiger partial charge on any atom is 0.326 e. The summed E-state index contributed by atoms with van der Waals surface area (Å²) in [7, 11) is 0. The predicted octanol–water partition coefficient (Wildman–Crippen LogP) is -10.5. The summed E-state index contributed by atoms with van der Waals surface area (Å²) in [6.07, 6.45) is -1.14. The van der Waals surface area contributed by atoms with Crippen LogP contribution in [-0.2, 0) is 52.7 Å². The molecule has 9 atom stereocenters. The number of carbonyl (C=O) groups is 11. The molecule has 0 unspecified atom stereocenters. The number of guanidine groups is 5. The molecule has 0 aliphatic carbocycles.